The minimum absolute atomic E-state index is 0.291. The van der Waals surface area contributed by atoms with Crippen molar-refractivity contribution in [2.75, 3.05) is 0 Å². The minimum Gasteiger partial charge on any atom is -0.392 e. The molecular formula is C10H8FNOS2. The molecule has 0 aliphatic rings. The molecule has 1 heterocycles. The van der Waals surface area contributed by atoms with E-state index in [9.17, 15) is 4.39 Å². The van der Waals surface area contributed by atoms with Gasteiger partial charge in [0.15, 0.2) is 4.34 Å². The molecule has 0 fully saturated rings. The Kier molecular flexibility index (Phi) is 3.35. The third-order valence-electron chi connectivity index (χ3n) is 1.84. The molecule has 2 aromatic rings. The molecule has 0 amide bonds. The van der Waals surface area contributed by atoms with Crippen molar-refractivity contribution in [3.63, 3.8) is 0 Å². The number of aromatic nitrogens is 1. The normalized spacial score (nSPS) is 10.5. The Morgan fingerprint density at radius 2 is 2.33 bits per heavy atom. The highest BCUT2D eigenvalue weighted by Gasteiger charge is 2.09. The smallest absolute Gasteiger partial charge is 0.154 e. The second-order valence-electron chi connectivity index (χ2n) is 2.77. The van der Waals surface area contributed by atoms with Crippen LogP contribution in [-0.4, -0.2) is 10.1 Å². The van der Waals surface area contributed by atoms with Crippen molar-refractivity contribution in [1.82, 2.24) is 4.98 Å². The second-order valence-corrected chi connectivity index (χ2v) is 4.96. The zero-order valence-electron chi connectivity index (χ0n) is 7.68. The third-order valence-corrected chi connectivity index (χ3v) is 3.83. The van der Waals surface area contributed by atoms with E-state index in [0.717, 1.165) is 4.34 Å². The van der Waals surface area contributed by atoms with E-state index in [2.05, 4.69) is 4.98 Å². The number of hydrogen-bond donors (Lipinski definition) is 1. The average molecular weight is 241 g/mol. The molecule has 78 valence electrons. The van der Waals surface area contributed by atoms with Crippen molar-refractivity contribution in [3.05, 3.63) is 41.2 Å². The highest BCUT2D eigenvalue weighted by atomic mass is 32.2. The van der Waals surface area contributed by atoms with E-state index in [1.807, 2.05) is 5.38 Å². The van der Waals surface area contributed by atoms with Gasteiger partial charge in [0.1, 0.15) is 5.82 Å². The van der Waals surface area contributed by atoms with Gasteiger partial charge in [0.2, 0.25) is 0 Å². The van der Waals surface area contributed by atoms with Gasteiger partial charge in [0.25, 0.3) is 0 Å². The van der Waals surface area contributed by atoms with Gasteiger partial charge in [-0.05, 0) is 12.1 Å². The molecule has 5 heteroatoms. The van der Waals surface area contributed by atoms with E-state index < -0.39 is 0 Å². The summed E-state index contributed by atoms with van der Waals surface area (Å²) in [6, 6.07) is 4.75. The maximum atomic E-state index is 13.3. The number of aliphatic hydroxyl groups excluding tert-OH is 1. The zero-order chi connectivity index (χ0) is 10.7. The van der Waals surface area contributed by atoms with Crippen molar-refractivity contribution in [2.45, 2.75) is 15.8 Å². The predicted molar refractivity (Wildman–Crippen MR) is 58.6 cm³/mol. The fraction of sp³-hybridized carbons (Fsp3) is 0.100. The molecule has 15 heavy (non-hydrogen) atoms. The molecule has 0 aliphatic heterocycles. The number of hydrogen-bond acceptors (Lipinski definition) is 4. The van der Waals surface area contributed by atoms with Crippen molar-refractivity contribution in [2.24, 2.45) is 0 Å². The first-order chi connectivity index (χ1) is 7.31. The Labute approximate surface area is 94.8 Å². The molecule has 0 radical (unpaired) electrons. The van der Waals surface area contributed by atoms with Crippen LogP contribution in [0.25, 0.3) is 0 Å². The van der Waals surface area contributed by atoms with Crippen LogP contribution in [0.1, 0.15) is 5.56 Å². The molecular weight excluding hydrogens is 233 g/mol. The largest absolute Gasteiger partial charge is 0.392 e. The fourth-order valence-electron chi connectivity index (χ4n) is 1.14. The van der Waals surface area contributed by atoms with Gasteiger partial charge in [-0.1, -0.05) is 17.8 Å². The number of nitrogens with zero attached hydrogens (tertiary/aromatic N) is 1. The summed E-state index contributed by atoms with van der Waals surface area (Å²) in [5, 5.41) is 10.9. The Morgan fingerprint density at radius 3 is 3.00 bits per heavy atom. The highest BCUT2D eigenvalue weighted by molar-refractivity contribution is 8.01. The molecule has 1 N–H and O–H groups in total. The van der Waals surface area contributed by atoms with Crippen LogP contribution in [-0.2, 0) is 6.61 Å². The van der Waals surface area contributed by atoms with Gasteiger partial charge in [0, 0.05) is 22.0 Å². The van der Waals surface area contributed by atoms with Crippen LogP contribution in [0.2, 0.25) is 0 Å². The number of thiazole rings is 1. The molecule has 0 unspecified atom stereocenters. The quantitative estimate of drug-likeness (QED) is 0.897. The topological polar surface area (TPSA) is 33.1 Å². The Hall–Kier alpha value is -0.910. The molecule has 0 atom stereocenters. The van der Waals surface area contributed by atoms with Crippen LogP contribution in [0.3, 0.4) is 0 Å². The maximum Gasteiger partial charge on any atom is 0.154 e. The van der Waals surface area contributed by atoms with E-state index >= 15 is 0 Å². The van der Waals surface area contributed by atoms with E-state index in [4.69, 9.17) is 5.11 Å². The first kappa shape index (κ1) is 10.6. The molecule has 0 aliphatic carbocycles. The zero-order valence-corrected chi connectivity index (χ0v) is 9.32. The van der Waals surface area contributed by atoms with Crippen molar-refractivity contribution in [3.8, 4) is 0 Å². The summed E-state index contributed by atoms with van der Waals surface area (Å²) in [7, 11) is 0. The molecule has 1 aromatic carbocycles. The number of benzene rings is 1. The summed E-state index contributed by atoms with van der Waals surface area (Å²) in [6.45, 7) is -0.291. The van der Waals surface area contributed by atoms with Crippen LogP contribution in [0.15, 0.2) is 39.0 Å². The summed E-state index contributed by atoms with van der Waals surface area (Å²) < 4.78 is 14.1. The molecule has 2 nitrogen and oxygen atoms in total. The third kappa shape index (κ3) is 2.37. The average Bonchev–Trinajstić information content (AvgIpc) is 2.71. The van der Waals surface area contributed by atoms with Gasteiger partial charge in [-0.15, -0.1) is 11.3 Å². The molecule has 0 spiro atoms. The number of rotatable bonds is 3. The van der Waals surface area contributed by atoms with Gasteiger partial charge in [-0.2, -0.15) is 0 Å². The first-order valence-electron chi connectivity index (χ1n) is 4.27. The summed E-state index contributed by atoms with van der Waals surface area (Å²) in [5.41, 5.74) is 0.331. The Morgan fingerprint density at radius 1 is 1.47 bits per heavy atom. The lowest BCUT2D eigenvalue weighted by molar-refractivity contribution is 0.272. The lowest BCUT2D eigenvalue weighted by Crippen LogP contribution is -1.92. The van der Waals surface area contributed by atoms with Gasteiger partial charge < -0.3 is 5.11 Å². The molecule has 0 saturated heterocycles. The van der Waals surface area contributed by atoms with Gasteiger partial charge >= 0.3 is 0 Å². The van der Waals surface area contributed by atoms with Crippen LogP contribution in [0.5, 0.6) is 0 Å². The summed E-state index contributed by atoms with van der Waals surface area (Å²) in [4.78, 5) is 4.81. The van der Waals surface area contributed by atoms with Gasteiger partial charge in [-0.3, -0.25) is 0 Å². The highest BCUT2D eigenvalue weighted by Crippen LogP contribution is 2.32. The van der Waals surface area contributed by atoms with E-state index in [0.29, 0.717) is 10.5 Å². The molecule has 1 aromatic heterocycles. The maximum absolute atomic E-state index is 13.3. The SMILES string of the molecule is OCc1c(F)cccc1Sc1nccs1. The molecule has 0 bridgehead atoms. The summed E-state index contributed by atoms with van der Waals surface area (Å²) in [6.07, 6.45) is 1.70. The summed E-state index contributed by atoms with van der Waals surface area (Å²) in [5.74, 6) is -0.376. The number of halogens is 1. The van der Waals surface area contributed by atoms with Crippen LogP contribution in [0.4, 0.5) is 4.39 Å². The van der Waals surface area contributed by atoms with Gasteiger partial charge in [0.05, 0.1) is 6.61 Å². The number of aliphatic hydroxyl groups is 1. The molecule has 2 rings (SSSR count). The van der Waals surface area contributed by atoms with Crippen LogP contribution in [0, 0.1) is 5.82 Å². The van der Waals surface area contributed by atoms with Crippen molar-refractivity contribution in [1.29, 1.82) is 0 Å². The fourth-order valence-corrected chi connectivity index (χ4v) is 2.86. The lowest BCUT2D eigenvalue weighted by Gasteiger charge is -2.05. The Balaban J connectivity index is 2.32. The second kappa shape index (κ2) is 4.74. The molecule has 0 saturated carbocycles. The predicted octanol–water partition coefficient (Wildman–Crippen LogP) is 2.93. The van der Waals surface area contributed by atoms with E-state index in [1.165, 1.54) is 29.2 Å². The standard InChI is InChI=1S/C10H8FNOS2/c11-8-2-1-3-9(7(8)6-13)15-10-12-4-5-14-10/h1-5,13H,6H2. The Bertz CT molecular complexity index is 445. The van der Waals surface area contributed by atoms with Crippen LogP contribution < -0.4 is 0 Å². The lowest BCUT2D eigenvalue weighted by atomic mass is 10.2. The van der Waals surface area contributed by atoms with E-state index in [-0.39, 0.29) is 12.4 Å². The summed E-state index contributed by atoms with van der Waals surface area (Å²) >= 11 is 2.86. The first-order valence-corrected chi connectivity index (χ1v) is 5.96. The monoisotopic (exact) mass is 241 g/mol. The minimum atomic E-state index is -0.376. The van der Waals surface area contributed by atoms with Crippen molar-refractivity contribution >= 4 is 23.1 Å². The van der Waals surface area contributed by atoms with Crippen LogP contribution >= 0.6 is 23.1 Å². The van der Waals surface area contributed by atoms with Crippen molar-refractivity contribution < 1.29 is 9.50 Å². The van der Waals surface area contributed by atoms with Gasteiger partial charge in [-0.25, -0.2) is 9.37 Å². The van der Waals surface area contributed by atoms with E-state index in [1.54, 1.807) is 18.3 Å².